The molecule has 8 nitrogen and oxygen atoms in total. The smallest absolute Gasteiger partial charge is 0.271 e. The molecule has 3 rings (SSSR count). The molecule has 0 bridgehead atoms. The molecule has 27 heavy (non-hydrogen) atoms. The second kappa shape index (κ2) is 6.59. The molecular formula is C17H18FN3O5S. The Morgan fingerprint density at radius 1 is 1.41 bits per heavy atom. The number of carbonyl (C=O) groups is 4. The second-order valence-electron chi connectivity index (χ2n) is 7.03. The number of pyridine rings is 1. The van der Waals surface area contributed by atoms with Crippen LogP contribution in [0.25, 0.3) is 0 Å². The third kappa shape index (κ3) is 3.95. The number of thioether (sulfide) groups is 1. The Morgan fingerprint density at radius 2 is 2.04 bits per heavy atom. The van der Waals surface area contributed by atoms with Gasteiger partial charge < -0.3 is 15.8 Å². The van der Waals surface area contributed by atoms with Gasteiger partial charge in [-0.1, -0.05) is 0 Å². The third-order valence-corrected chi connectivity index (χ3v) is 5.21. The van der Waals surface area contributed by atoms with Gasteiger partial charge in [-0.15, -0.1) is 0 Å². The summed E-state index contributed by atoms with van der Waals surface area (Å²) in [6.07, 6.45) is 2.62. The van der Waals surface area contributed by atoms with Gasteiger partial charge in [0, 0.05) is 31.7 Å². The van der Waals surface area contributed by atoms with Gasteiger partial charge >= 0.3 is 0 Å². The molecular weight excluding hydrogens is 377 g/mol. The summed E-state index contributed by atoms with van der Waals surface area (Å²) >= 11 is 0.400. The Morgan fingerprint density at radius 3 is 2.52 bits per heavy atom. The molecule has 3 N–H and O–H groups in total. The highest BCUT2D eigenvalue weighted by atomic mass is 32.2. The number of nitrogens with one attached hydrogen (secondary N) is 1. The molecule has 0 atom stereocenters. The number of carbonyl (C=O) groups excluding carboxylic acids is 4. The number of hydrogen-bond donors (Lipinski definition) is 2. The lowest BCUT2D eigenvalue weighted by molar-refractivity contribution is -0.134. The van der Waals surface area contributed by atoms with Gasteiger partial charge in [0.15, 0.2) is 5.54 Å². The number of nitrogens with zero attached hydrogens (tertiary/aromatic N) is 1. The Hall–Kier alpha value is -2.49. The Labute approximate surface area is 158 Å². The molecule has 144 valence electrons. The summed E-state index contributed by atoms with van der Waals surface area (Å²) in [5.74, 6) is -3.36. The maximum Gasteiger partial charge on any atom is 0.271 e. The lowest BCUT2D eigenvalue weighted by Gasteiger charge is -2.36. The van der Waals surface area contributed by atoms with Crippen molar-refractivity contribution in [3.63, 3.8) is 0 Å². The monoisotopic (exact) mass is 395 g/mol. The molecule has 0 spiro atoms. The number of aromatic nitrogens is 1. The van der Waals surface area contributed by atoms with Gasteiger partial charge in [-0.25, -0.2) is 0 Å². The van der Waals surface area contributed by atoms with Crippen molar-refractivity contribution in [3.05, 3.63) is 23.5 Å². The van der Waals surface area contributed by atoms with Gasteiger partial charge in [-0.2, -0.15) is 4.39 Å². The molecule has 1 aromatic rings. The molecule has 2 aliphatic rings. The minimum Gasteiger partial charge on any atom is -0.458 e. The number of hydrogen-bond acceptors (Lipinski definition) is 7. The van der Waals surface area contributed by atoms with Crippen molar-refractivity contribution in [2.45, 2.75) is 50.4 Å². The first kappa shape index (κ1) is 19.3. The van der Waals surface area contributed by atoms with Crippen LogP contribution in [-0.2, 0) is 14.4 Å². The van der Waals surface area contributed by atoms with Gasteiger partial charge in [-0.3, -0.25) is 24.2 Å². The summed E-state index contributed by atoms with van der Waals surface area (Å²) in [5, 5.41) is 0.918. The van der Waals surface area contributed by atoms with Crippen molar-refractivity contribution in [2.24, 2.45) is 5.73 Å². The van der Waals surface area contributed by atoms with E-state index in [1.165, 1.54) is 26.1 Å². The number of halogens is 1. The first-order valence-corrected chi connectivity index (χ1v) is 9.09. The van der Waals surface area contributed by atoms with Crippen LogP contribution in [0.3, 0.4) is 0 Å². The van der Waals surface area contributed by atoms with E-state index in [0.29, 0.717) is 17.3 Å². The Balaban J connectivity index is 1.88. The fraction of sp³-hybridized carbons (Fsp3) is 0.471. The summed E-state index contributed by atoms with van der Waals surface area (Å²) in [6, 6.07) is 1.27. The van der Waals surface area contributed by atoms with Crippen molar-refractivity contribution in [1.29, 1.82) is 0 Å². The SMILES string of the molecule is CC(C)(F)Oc1cc(C(=O)NC2(CC(N)=O)C(=O)SC2=O)ncc1C1CC1. The number of nitrogens with two attached hydrogens (primary N) is 1. The topological polar surface area (TPSA) is 128 Å². The van der Waals surface area contributed by atoms with E-state index in [-0.39, 0.29) is 17.4 Å². The van der Waals surface area contributed by atoms with E-state index in [1.807, 2.05) is 0 Å². The van der Waals surface area contributed by atoms with Crippen LogP contribution in [0.1, 0.15) is 55.1 Å². The van der Waals surface area contributed by atoms with Gasteiger partial charge in [0.25, 0.3) is 5.91 Å². The molecule has 2 heterocycles. The number of rotatable bonds is 7. The maximum absolute atomic E-state index is 14.0. The first-order chi connectivity index (χ1) is 12.5. The van der Waals surface area contributed by atoms with E-state index < -0.39 is 39.9 Å². The van der Waals surface area contributed by atoms with Gasteiger partial charge in [-0.05, 0) is 30.5 Å². The Bertz CT molecular complexity index is 833. The molecule has 1 aromatic heterocycles. The summed E-state index contributed by atoms with van der Waals surface area (Å²) in [5.41, 5.74) is 3.64. The first-order valence-electron chi connectivity index (χ1n) is 8.27. The molecule has 2 fully saturated rings. The largest absolute Gasteiger partial charge is 0.458 e. The second-order valence-corrected chi connectivity index (χ2v) is 7.97. The summed E-state index contributed by atoms with van der Waals surface area (Å²) in [4.78, 5) is 51.6. The summed E-state index contributed by atoms with van der Waals surface area (Å²) < 4.78 is 19.3. The van der Waals surface area contributed by atoms with Crippen LogP contribution in [0.15, 0.2) is 12.3 Å². The normalized spacial score (nSPS) is 18.6. The highest BCUT2D eigenvalue weighted by Crippen LogP contribution is 2.45. The Kier molecular flexibility index (Phi) is 4.71. The number of amides is 2. The van der Waals surface area contributed by atoms with E-state index in [1.54, 1.807) is 0 Å². The van der Waals surface area contributed by atoms with Crippen LogP contribution in [0.4, 0.5) is 4.39 Å². The van der Waals surface area contributed by atoms with Crippen LogP contribution in [0.5, 0.6) is 5.75 Å². The van der Waals surface area contributed by atoms with E-state index >= 15 is 0 Å². The van der Waals surface area contributed by atoms with Crippen LogP contribution < -0.4 is 15.8 Å². The third-order valence-electron chi connectivity index (χ3n) is 4.15. The average molecular weight is 395 g/mol. The molecule has 0 aromatic carbocycles. The van der Waals surface area contributed by atoms with Crippen molar-refractivity contribution < 1.29 is 28.3 Å². The zero-order valence-electron chi connectivity index (χ0n) is 14.7. The van der Waals surface area contributed by atoms with Crippen LogP contribution in [0, 0.1) is 0 Å². The van der Waals surface area contributed by atoms with Crippen molar-refractivity contribution >= 4 is 33.8 Å². The molecule has 1 saturated carbocycles. The fourth-order valence-corrected chi connectivity index (χ4v) is 3.52. The number of primary amides is 1. The highest BCUT2D eigenvalue weighted by molar-refractivity contribution is 8.30. The molecule has 10 heteroatoms. The summed E-state index contributed by atoms with van der Waals surface area (Å²) in [6.45, 7) is 2.46. The van der Waals surface area contributed by atoms with Crippen molar-refractivity contribution in [3.8, 4) is 5.75 Å². The van der Waals surface area contributed by atoms with E-state index in [9.17, 15) is 23.6 Å². The molecule has 1 aliphatic heterocycles. The standard InChI is InChI=1S/C17H18FN3O5S/c1-16(2,18)26-11-5-10(20-7-9(11)8-3-4-8)13(23)21-17(6-12(19)22)14(24)27-15(17)25/h5,7-8H,3-4,6H2,1-2H3,(H2,19,22)(H,21,23). The molecule has 2 amide bonds. The zero-order valence-corrected chi connectivity index (χ0v) is 15.5. The predicted octanol–water partition coefficient (Wildman–Crippen LogP) is 1.19. The lowest BCUT2D eigenvalue weighted by atomic mass is 9.96. The lowest BCUT2D eigenvalue weighted by Crippen LogP contribution is -2.66. The van der Waals surface area contributed by atoms with Crippen molar-refractivity contribution in [1.82, 2.24) is 10.3 Å². The molecule has 0 unspecified atom stereocenters. The van der Waals surface area contributed by atoms with Crippen LogP contribution in [0.2, 0.25) is 0 Å². The van der Waals surface area contributed by atoms with E-state index in [0.717, 1.165) is 12.8 Å². The van der Waals surface area contributed by atoms with Gasteiger partial charge in [0.1, 0.15) is 11.4 Å². The molecule has 1 saturated heterocycles. The van der Waals surface area contributed by atoms with Crippen LogP contribution in [-0.4, -0.2) is 38.4 Å². The number of alkyl halides is 1. The van der Waals surface area contributed by atoms with Crippen molar-refractivity contribution in [2.75, 3.05) is 0 Å². The predicted molar refractivity (Wildman–Crippen MR) is 93.6 cm³/mol. The quantitative estimate of drug-likeness (QED) is 0.664. The molecule has 1 aliphatic carbocycles. The minimum absolute atomic E-state index is 0.167. The average Bonchev–Trinajstić information content (AvgIpc) is 3.37. The van der Waals surface area contributed by atoms with Gasteiger partial charge in [0.05, 0.1) is 6.42 Å². The maximum atomic E-state index is 14.0. The molecule has 0 radical (unpaired) electrons. The summed E-state index contributed by atoms with van der Waals surface area (Å²) in [7, 11) is 0. The van der Waals surface area contributed by atoms with Crippen LogP contribution >= 0.6 is 11.8 Å². The van der Waals surface area contributed by atoms with Gasteiger partial charge in [0.2, 0.25) is 22.0 Å². The minimum atomic E-state index is -1.98. The van der Waals surface area contributed by atoms with E-state index in [4.69, 9.17) is 10.5 Å². The highest BCUT2D eigenvalue weighted by Gasteiger charge is 2.58. The fourth-order valence-electron chi connectivity index (χ4n) is 2.73. The number of ether oxygens (including phenoxy) is 1. The van der Waals surface area contributed by atoms with E-state index in [2.05, 4.69) is 10.3 Å². The zero-order chi connectivity index (χ0) is 20.0.